The van der Waals surface area contributed by atoms with Gasteiger partial charge in [0, 0.05) is 25.7 Å². The van der Waals surface area contributed by atoms with Gasteiger partial charge < -0.3 is 4.90 Å². The SMILES string of the molecule is CSCCCN1CCN2CCCC2C1. The highest BCUT2D eigenvalue weighted by molar-refractivity contribution is 7.98. The Kier molecular flexibility index (Phi) is 4.14. The predicted octanol–water partition coefficient (Wildman–Crippen LogP) is 1.52. The summed E-state index contributed by atoms with van der Waals surface area (Å²) < 4.78 is 0. The van der Waals surface area contributed by atoms with Gasteiger partial charge in [0.1, 0.15) is 0 Å². The molecular formula is C11H22N2S. The van der Waals surface area contributed by atoms with Gasteiger partial charge in [-0.15, -0.1) is 0 Å². The van der Waals surface area contributed by atoms with E-state index in [-0.39, 0.29) is 0 Å². The highest BCUT2D eigenvalue weighted by Gasteiger charge is 2.29. The molecule has 0 aromatic carbocycles. The summed E-state index contributed by atoms with van der Waals surface area (Å²) in [5.41, 5.74) is 0. The van der Waals surface area contributed by atoms with Crippen LogP contribution in [0, 0.1) is 0 Å². The molecule has 0 aromatic rings. The van der Waals surface area contributed by atoms with Gasteiger partial charge in [0.05, 0.1) is 0 Å². The van der Waals surface area contributed by atoms with Crippen molar-refractivity contribution in [3.63, 3.8) is 0 Å². The molecule has 0 amide bonds. The van der Waals surface area contributed by atoms with Crippen LogP contribution in [-0.4, -0.2) is 60.6 Å². The Morgan fingerprint density at radius 1 is 1.29 bits per heavy atom. The highest BCUT2D eigenvalue weighted by Crippen LogP contribution is 2.21. The third-order valence-corrected chi connectivity index (χ3v) is 4.19. The third kappa shape index (κ3) is 2.65. The summed E-state index contributed by atoms with van der Waals surface area (Å²) in [5.74, 6) is 1.32. The molecule has 2 aliphatic heterocycles. The third-order valence-electron chi connectivity index (χ3n) is 3.49. The second-order valence-corrected chi connectivity index (χ2v) is 5.46. The van der Waals surface area contributed by atoms with Crippen LogP contribution in [0.5, 0.6) is 0 Å². The number of fused-ring (bicyclic) bond motifs is 1. The number of hydrogen-bond acceptors (Lipinski definition) is 3. The highest BCUT2D eigenvalue weighted by atomic mass is 32.2. The van der Waals surface area contributed by atoms with Crippen molar-refractivity contribution in [3.05, 3.63) is 0 Å². The fourth-order valence-electron chi connectivity index (χ4n) is 2.69. The van der Waals surface area contributed by atoms with Crippen LogP contribution >= 0.6 is 11.8 Å². The quantitative estimate of drug-likeness (QED) is 0.655. The smallest absolute Gasteiger partial charge is 0.0224 e. The van der Waals surface area contributed by atoms with Crippen LogP contribution in [0.25, 0.3) is 0 Å². The van der Waals surface area contributed by atoms with Gasteiger partial charge in [-0.2, -0.15) is 11.8 Å². The summed E-state index contributed by atoms with van der Waals surface area (Å²) in [5, 5.41) is 0. The summed E-state index contributed by atoms with van der Waals surface area (Å²) in [7, 11) is 0. The van der Waals surface area contributed by atoms with E-state index in [1.54, 1.807) is 0 Å². The molecule has 2 saturated heterocycles. The van der Waals surface area contributed by atoms with Crippen LogP contribution in [0.3, 0.4) is 0 Å². The van der Waals surface area contributed by atoms with Crippen molar-refractivity contribution in [2.45, 2.75) is 25.3 Å². The van der Waals surface area contributed by atoms with Crippen molar-refractivity contribution in [2.24, 2.45) is 0 Å². The lowest BCUT2D eigenvalue weighted by molar-refractivity contribution is 0.105. The van der Waals surface area contributed by atoms with Gasteiger partial charge in [0.25, 0.3) is 0 Å². The molecule has 0 bridgehead atoms. The van der Waals surface area contributed by atoms with Gasteiger partial charge in [-0.3, -0.25) is 4.90 Å². The number of rotatable bonds is 4. The Hall–Kier alpha value is 0.270. The molecule has 14 heavy (non-hydrogen) atoms. The van der Waals surface area contributed by atoms with Crippen molar-refractivity contribution < 1.29 is 0 Å². The minimum atomic E-state index is 0.901. The van der Waals surface area contributed by atoms with Gasteiger partial charge in [-0.25, -0.2) is 0 Å². The number of hydrogen-bond donors (Lipinski definition) is 0. The molecule has 2 nitrogen and oxygen atoms in total. The summed E-state index contributed by atoms with van der Waals surface area (Å²) in [6.07, 6.45) is 6.45. The average molecular weight is 214 g/mol. The molecule has 1 atom stereocenters. The zero-order chi connectivity index (χ0) is 9.80. The topological polar surface area (TPSA) is 6.48 Å². The molecule has 0 aliphatic carbocycles. The molecule has 2 aliphatic rings. The minimum Gasteiger partial charge on any atom is -0.300 e. The molecule has 2 heterocycles. The Bertz CT molecular complexity index is 175. The van der Waals surface area contributed by atoms with E-state index in [0.29, 0.717) is 0 Å². The van der Waals surface area contributed by atoms with Crippen LogP contribution < -0.4 is 0 Å². The Morgan fingerprint density at radius 3 is 3.07 bits per heavy atom. The molecule has 1 unspecified atom stereocenters. The van der Waals surface area contributed by atoms with Gasteiger partial charge in [0.2, 0.25) is 0 Å². The van der Waals surface area contributed by atoms with E-state index < -0.39 is 0 Å². The van der Waals surface area contributed by atoms with E-state index in [2.05, 4.69) is 16.1 Å². The second kappa shape index (κ2) is 5.38. The number of thioether (sulfide) groups is 1. The second-order valence-electron chi connectivity index (χ2n) is 4.48. The number of piperazine rings is 1. The normalized spacial score (nSPS) is 29.4. The van der Waals surface area contributed by atoms with Gasteiger partial charge in [-0.05, 0) is 44.4 Å². The van der Waals surface area contributed by atoms with E-state index in [0.717, 1.165) is 6.04 Å². The van der Waals surface area contributed by atoms with Crippen LogP contribution in [0.4, 0.5) is 0 Å². The molecule has 0 spiro atoms. The zero-order valence-corrected chi connectivity index (χ0v) is 10.1. The average Bonchev–Trinajstić information content (AvgIpc) is 2.65. The molecule has 0 aromatic heterocycles. The Morgan fingerprint density at radius 2 is 2.21 bits per heavy atom. The molecule has 0 saturated carbocycles. The first-order valence-electron chi connectivity index (χ1n) is 5.85. The van der Waals surface area contributed by atoms with Crippen LogP contribution in [0.2, 0.25) is 0 Å². The van der Waals surface area contributed by atoms with E-state index >= 15 is 0 Å². The predicted molar refractivity (Wildman–Crippen MR) is 64.0 cm³/mol. The fourth-order valence-corrected chi connectivity index (χ4v) is 3.11. The maximum Gasteiger partial charge on any atom is 0.0224 e. The monoisotopic (exact) mass is 214 g/mol. The first-order chi connectivity index (χ1) is 6.90. The van der Waals surface area contributed by atoms with E-state index in [1.807, 2.05) is 11.8 Å². The molecule has 2 fully saturated rings. The maximum atomic E-state index is 2.69. The summed E-state index contributed by atoms with van der Waals surface area (Å²) >= 11 is 1.97. The maximum absolute atomic E-state index is 2.69. The van der Waals surface area contributed by atoms with E-state index in [4.69, 9.17) is 0 Å². The molecule has 2 rings (SSSR count). The molecule has 82 valence electrons. The first kappa shape index (κ1) is 10.8. The van der Waals surface area contributed by atoms with Crippen molar-refractivity contribution in [2.75, 3.05) is 44.7 Å². The fraction of sp³-hybridized carbons (Fsp3) is 1.00. The first-order valence-corrected chi connectivity index (χ1v) is 7.25. The summed E-state index contributed by atoms with van der Waals surface area (Å²) in [4.78, 5) is 5.35. The molecule has 0 radical (unpaired) electrons. The van der Waals surface area contributed by atoms with Gasteiger partial charge >= 0.3 is 0 Å². The molecule has 0 N–H and O–H groups in total. The van der Waals surface area contributed by atoms with Crippen molar-refractivity contribution in [3.8, 4) is 0 Å². The lowest BCUT2D eigenvalue weighted by Gasteiger charge is -2.37. The van der Waals surface area contributed by atoms with Crippen LogP contribution in [0.15, 0.2) is 0 Å². The zero-order valence-electron chi connectivity index (χ0n) is 9.24. The lowest BCUT2D eigenvalue weighted by atomic mass is 10.1. The van der Waals surface area contributed by atoms with E-state index in [1.165, 1.54) is 57.7 Å². The molecule has 3 heteroatoms. The van der Waals surface area contributed by atoms with Crippen molar-refractivity contribution >= 4 is 11.8 Å². The summed E-state index contributed by atoms with van der Waals surface area (Å²) in [6.45, 7) is 6.66. The number of nitrogens with zero attached hydrogens (tertiary/aromatic N) is 2. The van der Waals surface area contributed by atoms with Crippen molar-refractivity contribution in [1.29, 1.82) is 0 Å². The van der Waals surface area contributed by atoms with Crippen LogP contribution in [0.1, 0.15) is 19.3 Å². The Balaban J connectivity index is 1.69. The van der Waals surface area contributed by atoms with E-state index in [9.17, 15) is 0 Å². The summed E-state index contributed by atoms with van der Waals surface area (Å²) in [6, 6.07) is 0.901. The lowest BCUT2D eigenvalue weighted by Crippen LogP contribution is -2.50. The minimum absolute atomic E-state index is 0.901. The van der Waals surface area contributed by atoms with Gasteiger partial charge in [0.15, 0.2) is 0 Å². The van der Waals surface area contributed by atoms with Gasteiger partial charge in [-0.1, -0.05) is 0 Å². The molecular weight excluding hydrogens is 192 g/mol. The standard InChI is InChI=1S/C11H22N2S/c1-14-9-3-5-12-7-8-13-6-2-4-11(13)10-12/h11H,2-10H2,1H3. The van der Waals surface area contributed by atoms with Crippen molar-refractivity contribution in [1.82, 2.24) is 9.80 Å². The largest absolute Gasteiger partial charge is 0.300 e. The van der Waals surface area contributed by atoms with Crippen LogP contribution in [-0.2, 0) is 0 Å². The Labute approximate surface area is 92.0 Å².